The molecule has 0 bridgehead atoms. The molecule has 2 atom stereocenters. The third-order valence-electron chi connectivity index (χ3n) is 4.72. The summed E-state index contributed by atoms with van der Waals surface area (Å²) in [6.45, 7) is 8.01. The lowest BCUT2D eigenvalue weighted by atomic mass is 9.95. The molecule has 0 amide bonds. The van der Waals surface area contributed by atoms with Crippen molar-refractivity contribution in [3.8, 4) is 0 Å². The van der Waals surface area contributed by atoms with Crippen molar-refractivity contribution in [2.24, 2.45) is 11.3 Å². The van der Waals surface area contributed by atoms with Crippen LogP contribution in [0, 0.1) is 11.3 Å². The average Bonchev–Trinajstić information content (AvgIpc) is 3.07. The van der Waals surface area contributed by atoms with Gasteiger partial charge in [-0.25, -0.2) is 0 Å². The standard InChI is InChI=1S/C18H24N2/c1-4-19-17(15-12-18(15,2)3)11-13-9-10-20-16-8-6-5-7-14(13)16/h5-10,15,17,19H,4,11-12H2,1-3H3. The number of fused-ring (bicyclic) bond motifs is 1. The Labute approximate surface area is 121 Å². The summed E-state index contributed by atoms with van der Waals surface area (Å²) in [5.41, 5.74) is 3.04. The second-order valence-corrected chi connectivity index (χ2v) is 6.65. The van der Waals surface area contributed by atoms with E-state index >= 15 is 0 Å². The fraction of sp³-hybridized carbons (Fsp3) is 0.500. The van der Waals surface area contributed by atoms with E-state index in [1.165, 1.54) is 17.4 Å². The molecular formula is C18H24N2. The first kappa shape index (κ1) is 13.6. The largest absolute Gasteiger partial charge is 0.314 e. The van der Waals surface area contributed by atoms with Crippen molar-refractivity contribution in [3.05, 3.63) is 42.1 Å². The van der Waals surface area contributed by atoms with Gasteiger partial charge in [0.25, 0.3) is 0 Å². The van der Waals surface area contributed by atoms with E-state index in [1.807, 2.05) is 6.20 Å². The second-order valence-electron chi connectivity index (χ2n) is 6.65. The Balaban J connectivity index is 1.87. The number of aromatic nitrogens is 1. The SMILES string of the molecule is CCNC(Cc1ccnc2ccccc12)C1CC1(C)C. The maximum absolute atomic E-state index is 4.46. The van der Waals surface area contributed by atoms with E-state index in [1.54, 1.807) is 0 Å². The minimum absolute atomic E-state index is 0.510. The zero-order valence-electron chi connectivity index (χ0n) is 12.7. The summed E-state index contributed by atoms with van der Waals surface area (Å²) in [7, 11) is 0. The van der Waals surface area contributed by atoms with Crippen LogP contribution in [0.25, 0.3) is 10.9 Å². The van der Waals surface area contributed by atoms with Crippen LogP contribution in [0.1, 0.15) is 32.8 Å². The fourth-order valence-electron chi connectivity index (χ4n) is 3.38. The van der Waals surface area contributed by atoms with E-state index in [0.29, 0.717) is 11.5 Å². The molecule has 2 heteroatoms. The molecule has 0 aliphatic heterocycles. The van der Waals surface area contributed by atoms with Crippen molar-refractivity contribution in [1.82, 2.24) is 10.3 Å². The van der Waals surface area contributed by atoms with Crippen LogP contribution in [0.3, 0.4) is 0 Å². The smallest absolute Gasteiger partial charge is 0.0704 e. The number of rotatable bonds is 5. The maximum Gasteiger partial charge on any atom is 0.0704 e. The van der Waals surface area contributed by atoms with Gasteiger partial charge in [0.1, 0.15) is 0 Å². The Hall–Kier alpha value is -1.41. The van der Waals surface area contributed by atoms with Crippen LogP contribution in [0.15, 0.2) is 36.5 Å². The molecule has 0 spiro atoms. The number of nitrogens with zero attached hydrogens (tertiary/aromatic N) is 1. The zero-order valence-corrected chi connectivity index (χ0v) is 12.7. The van der Waals surface area contributed by atoms with E-state index in [0.717, 1.165) is 24.4 Å². The summed E-state index contributed by atoms with van der Waals surface area (Å²) in [4.78, 5) is 4.46. The van der Waals surface area contributed by atoms with Gasteiger partial charge in [0.2, 0.25) is 0 Å². The molecule has 1 heterocycles. The highest BCUT2D eigenvalue weighted by atomic mass is 14.9. The van der Waals surface area contributed by atoms with Gasteiger partial charge in [-0.05, 0) is 48.4 Å². The van der Waals surface area contributed by atoms with E-state index in [9.17, 15) is 0 Å². The van der Waals surface area contributed by atoms with Gasteiger partial charge in [-0.3, -0.25) is 4.98 Å². The molecule has 106 valence electrons. The van der Waals surface area contributed by atoms with Gasteiger partial charge in [-0.15, -0.1) is 0 Å². The second kappa shape index (κ2) is 5.17. The number of nitrogens with one attached hydrogen (secondary N) is 1. The molecule has 0 saturated heterocycles. The number of pyridine rings is 1. The van der Waals surface area contributed by atoms with Crippen LogP contribution in [0.4, 0.5) is 0 Å². The normalized spacial score (nSPS) is 21.9. The van der Waals surface area contributed by atoms with Crippen molar-refractivity contribution in [3.63, 3.8) is 0 Å². The van der Waals surface area contributed by atoms with Crippen LogP contribution in [0.2, 0.25) is 0 Å². The fourth-order valence-corrected chi connectivity index (χ4v) is 3.38. The predicted molar refractivity (Wildman–Crippen MR) is 84.8 cm³/mol. The zero-order chi connectivity index (χ0) is 14.2. The van der Waals surface area contributed by atoms with Crippen LogP contribution in [-0.4, -0.2) is 17.6 Å². The van der Waals surface area contributed by atoms with E-state index in [-0.39, 0.29) is 0 Å². The van der Waals surface area contributed by atoms with E-state index in [4.69, 9.17) is 0 Å². The van der Waals surface area contributed by atoms with Crippen molar-refractivity contribution in [1.29, 1.82) is 0 Å². The first-order valence-electron chi connectivity index (χ1n) is 7.68. The van der Waals surface area contributed by atoms with Crippen molar-refractivity contribution >= 4 is 10.9 Å². The van der Waals surface area contributed by atoms with Crippen LogP contribution in [-0.2, 0) is 6.42 Å². The third-order valence-corrected chi connectivity index (χ3v) is 4.72. The minimum Gasteiger partial charge on any atom is -0.314 e. The van der Waals surface area contributed by atoms with E-state index < -0.39 is 0 Å². The summed E-state index contributed by atoms with van der Waals surface area (Å²) in [5, 5.41) is 5.00. The molecule has 1 aliphatic rings. The van der Waals surface area contributed by atoms with Gasteiger partial charge >= 0.3 is 0 Å². The van der Waals surface area contributed by atoms with Gasteiger partial charge in [-0.2, -0.15) is 0 Å². The lowest BCUT2D eigenvalue weighted by Gasteiger charge is -2.20. The highest BCUT2D eigenvalue weighted by Crippen LogP contribution is 2.54. The Bertz CT molecular complexity index is 598. The average molecular weight is 268 g/mol. The van der Waals surface area contributed by atoms with Gasteiger partial charge in [0.05, 0.1) is 5.52 Å². The molecule has 2 unspecified atom stereocenters. The number of hydrogen-bond donors (Lipinski definition) is 1. The summed E-state index contributed by atoms with van der Waals surface area (Å²) in [5.74, 6) is 0.800. The van der Waals surface area contributed by atoms with Crippen LogP contribution >= 0.6 is 0 Å². The predicted octanol–water partition coefficient (Wildman–Crippen LogP) is 3.80. The third kappa shape index (κ3) is 2.57. The molecule has 1 fully saturated rings. The molecule has 1 aliphatic carbocycles. The van der Waals surface area contributed by atoms with Gasteiger partial charge < -0.3 is 5.32 Å². The number of likely N-dealkylation sites (N-methyl/N-ethyl adjacent to an activating group) is 1. The number of para-hydroxylation sites is 1. The number of benzene rings is 1. The summed E-state index contributed by atoms with van der Waals surface area (Å²) < 4.78 is 0. The topological polar surface area (TPSA) is 24.9 Å². The van der Waals surface area contributed by atoms with Gasteiger partial charge in [-0.1, -0.05) is 39.0 Å². The quantitative estimate of drug-likeness (QED) is 0.892. The van der Waals surface area contributed by atoms with Gasteiger partial charge in [0.15, 0.2) is 0 Å². The van der Waals surface area contributed by atoms with Crippen molar-refractivity contribution in [2.75, 3.05) is 6.54 Å². The molecule has 1 N–H and O–H groups in total. The summed E-state index contributed by atoms with van der Waals surface area (Å²) in [6.07, 6.45) is 4.39. The molecular weight excluding hydrogens is 244 g/mol. The number of hydrogen-bond acceptors (Lipinski definition) is 2. The van der Waals surface area contributed by atoms with Crippen molar-refractivity contribution in [2.45, 2.75) is 39.7 Å². The molecule has 20 heavy (non-hydrogen) atoms. The van der Waals surface area contributed by atoms with E-state index in [2.05, 4.69) is 61.4 Å². The highest BCUT2D eigenvalue weighted by Gasteiger charge is 2.49. The summed E-state index contributed by atoms with van der Waals surface area (Å²) >= 11 is 0. The molecule has 2 nitrogen and oxygen atoms in total. The maximum atomic E-state index is 4.46. The lowest BCUT2D eigenvalue weighted by molar-refractivity contribution is 0.410. The van der Waals surface area contributed by atoms with Crippen LogP contribution < -0.4 is 5.32 Å². The van der Waals surface area contributed by atoms with Crippen LogP contribution in [0.5, 0.6) is 0 Å². The Morgan fingerprint density at radius 2 is 2.05 bits per heavy atom. The van der Waals surface area contributed by atoms with Crippen molar-refractivity contribution < 1.29 is 0 Å². The Kier molecular flexibility index (Phi) is 3.51. The van der Waals surface area contributed by atoms with Gasteiger partial charge in [0, 0.05) is 17.6 Å². The first-order valence-corrected chi connectivity index (χ1v) is 7.68. The monoisotopic (exact) mass is 268 g/mol. The lowest BCUT2D eigenvalue weighted by Crippen LogP contribution is -2.34. The Morgan fingerprint density at radius 3 is 2.75 bits per heavy atom. The molecule has 2 aromatic rings. The Morgan fingerprint density at radius 1 is 1.30 bits per heavy atom. The molecule has 1 aromatic carbocycles. The summed E-state index contributed by atoms with van der Waals surface area (Å²) in [6, 6.07) is 11.2. The highest BCUT2D eigenvalue weighted by molar-refractivity contribution is 5.81. The molecule has 0 radical (unpaired) electrons. The molecule has 1 aromatic heterocycles. The molecule has 3 rings (SSSR count). The minimum atomic E-state index is 0.510. The first-order chi connectivity index (χ1) is 9.62. The molecule has 1 saturated carbocycles.